The predicted molar refractivity (Wildman–Crippen MR) is 144 cm³/mol. The molecule has 0 heterocycles. The summed E-state index contributed by atoms with van der Waals surface area (Å²) in [5, 5.41) is 0. The summed E-state index contributed by atoms with van der Waals surface area (Å²) >= 11 is 0. The first-order valence-corrected chi connectivity index (χ1v) is 12.8. The van der Waals surface area contributed by atoms with E-state index in [1.807, 2.05) is 0 Å². The molecule has 2 aromatic rings. The number of hydrogen-bond donors (Lipinski definition) is 0. The first-order chi connectivity index (χ1) is 19.6. The summed E-state index contributed by atoms with van der Waals surface area (Å²) in [4.78, 5) is 22.9. The summed E-state index contributed by atoms with van der Waals surface area (Å²) in [6, 6.07) is 7.99. The molecule has 0 radical (unpaired) electrons. The van der Waals surface area contributed by atoms with E-state index in [2.05, 4.69) is 13.2 Å². The first kappa shape index (κ1) is 34.3. The summed E-state index contributed by atoms with van der Waals surface area (Å²) in [7, 11) is 0. The number of halogens is 4. The number of ether oxygens (including phenoxy) is 6. The van der Waals surface area contributed by atoms with E-state index in [1.165, 1.54) is 27.7 Å². The Hall–Kier alpha value is -3.90. The van der Waals surface area contributed by atoms with Crippen molar-refractivity contribution in [2.24, 2.45) is 0 Å². The van der Waals surface area contributed by atoms with Crippen LogP contribution in [0.2, 0.25) is 0 Å². The normalized spacial score (nSPS) is 13.0. The molecule has 12 heteroatoms. The molecule has 2 atom stereocenters. The Morgan fingerprint density at radius 3 is 1.24 bits per heavy atom. The number of esters is 2. The second-order valence-corrected chi connectivity index (χ2v) is 9.14. The van der Waals surface area contributed by atoms with Gasteiger partial charge < -0.3 is 28.4 Å². The molecule has 230 valence electrons. The van der Waals surface area contributed by atoms with Gasteiger partial charge in [-0.3, -0.25) is 0 Å². The molecule has 42 heavy (non-hydrogen) atoms. The highest BCUT2D eigenvalue weighted by Gasteiger charge is 2.58. The van der Waals surface area contributed by atoms with Crippen LogP contribution in [-0.2, 0) is 40.4 Å². The Kier molecular flexibility index (Phi) is 12.5. The quantitative estimate of drug-likeness (QED) is 0.0690. The van der Waals surface area contributed by atoms with Gasteiger partial charge >= 0.3 is 23.8 Å². The molecule has 0 aliphatic carbocycles. The predicted octanol–water partition coefficient (Wildman–Crippen LogP) is 6.29. The van der Waals surface area contributed by atoms with Crippen LogP contribution in [0.15, 0.2) is 72.8 Å². The van der Waals surface area contributed by atoms with Crippen molar-refractivity contribution in [3.63, 3.8) is 0 Å². The van der Waals surface area contributed by atoms with Crippen molar-refractivity contribution in [1.82, 2.24) is 0 Å². The van der Waals surface area contributed by atoms with E-state index in [0.717, 1.165) is 48.5 Å². The van der Waals surface area contributed by atoms with E-state index in [1.54, 1.807) is 0 Å². The van der Waals surface area contributed by atoms with Gasteiger partial charge in [-0.15, -0.1) is 0 Å². The molecule has 0 aromatic heterocycles. The van der Waals surface area contributed by atoms with Gasteiger partial charge in [0.15, 0.2) is 0 Å². The second kappa shape index (κ2) is 15.4. The molecule has 0 bridgehead atoms. The Morgan fingerprint density at radius 2 is 0.952 bits per heavy atom. The Balaban J connectivity index is 1.88. The van der Waals surface area contributed by atoms with Crippen molar-refractivity contribution in [2.75, 3.05) is 26.4 Å². The van der Waals surface area contributed by atoms with Crippen LogP contribution < -0.4 is 9.47 Å². The maximum Gasteiger partial charge on any atom is 0.339 e. The van der Waals surface area contributed by atoms with Crippen molar-refractivity contribution in [1.29, 1.82) is 0 Å². The minimum Gasteiger partial charge on any atom is -0.491 e. The summed E-state index contributed by atoms with van der Waals surface area (Å²) in [6.45, 7) is 12.9. The summed E-state index contributed by atoms with van der Waals surface area (Å²) in [6.07, 6.45) is -1.71. The molecule has 2 rings (SSSR count). The van der Waals surface area contributed by atoms with E-state index in [9.17, 15) is 27.2 Å². The van der Waals surface area contributed by atoms with Crippen molar-refractivity contribution < 1.29 is 55.6 Å². The van der Waals surface area contributed by atoms with Gasteiger partial charge in [-0.1, -0.05) is 13.2 Å². The molecule has 2 aromatic carbocycles. The third kappa shape index (κ3) is 9.88. The minimum absolute atomic E-state index is 0.0110. The highest BCUT2D eigenvalue weighted by atomic mass is 19.3. The Bertz CT molecular complexity index is 1120. The zero-order chi connectivity index (χ0) is 31.5. The third-order valence-corrected chi connectivity index (χ3v) is 5.48. The SMILES string of the molecule is C=C(C)C(=O)OC(C)OCCOc1ccc(C(F)(F)C(F)(F)c2ccc(OCCOC(C)OC(=O)C(=C)C)cc2)cc1. The molecule has 0 aliphatic heterocycles. The van der Waals surface area contributed by atoms with Crippen molar-refractivity contribution >= 4 is 11.9 Å². The van der Waals surface area contributed by atoms with Gasteiger partial charge in [0.2, 0.25) is 12.6 Å². The molecule has 0 amide bonds. The summed E-state index contributed by atoms with van der Waals surface area (Å²) < 4.78 is 90.8. The van der Waals surface area contributed by atoms with Crippen LogP contribution in [0.3, 0.4) is 0 Å². The van der Waals surface area contributed by atoms with Crippen molar-refractivity contribution in [3.05, 3.63) is 84.0 Å². The molecule has 0 N–H and O–H groups in total. The fraction of sp³-hybridized carbons (Fsp3) is 0.400. The summed E-state index contributed by atoms with van der Waals surface area (Å²) in [5.41, 5.74) is -1.39. The standard InChI is InChI=1S/C30H34F4O8/c1-19(2)27(35)41-21(5)37-15-17-39-25-11-7-23(8-12-25)29(31,32)30(33,34)24-9-13-26(14-10-24)40-18-16-38-22(6)42-28(36)20(3)4/h7-14,21-22H,1,3,15-18H2,2,4-6H3. The van der Waals surface area contributed by atoms with E-state index < -0.39 is 47.5 Å². The van der Waals surface area contributed by atoms with Crippen LogP contribution in [0.1, 0.15) is 38.8 Å². The number of hydrogen-bond acceptors (Lipinski definition) is 8. The first-order valence-electron chi connectivity index (χ1n) is 12.8. The molecule has 0 spiro atoms. The van der Waals surface area contributed by atoms with Crippen molar-refractivity contribution in [2.45, 2.75) is 52.1 Å². The van der Waals surface area contributed by atoms with E-state index in [4.69, 9.17) is 28.4 Å². The van der Waals surface area contributed by atoms with Crippen LogP contribution >= 0.6 is 0 Å². The van der Waals surface area contributed by atoms with Crippen molar-refractivity contribution in [3.8, 4) is 11.5 Å². The maximum atomic E-state index is 14.9. The molecule has 0 saturated carbocycles. The molecular weight excluding hydrogens is 564 g/mol. The van der Waals surface area contributed by atoms with Crippen LogP contribution in [0.25, 0.3) is 0 Å². The lowest BCUT2D eigenvalue weighted by molar-refractivity contribution is -0.223. The number of rotatable bonds is 17. The Labute approximate surface area is 241 Å². The van der Waals surface area contributed by atoms with Crippen LogP contribution in [-0.4, -0.2) is 50.9 Å². The van der Waals surface area contributed by atoms with Crippen LogP contribution in [0.5, 0.6) is 11.5 Å². The number of carbonyl (C=O) groups excluding carboxylic acids is 2. The minimum atomic E-state index is -4.54. The average molecular weight is 599 g/mol. The highest BCUT2D eigenvalue weighted by Crippen LogP contribution is 2.49. The summed E-state index contributed by atoms with van der Waals surface area (Å²) in [5.74, 6) is -9.99. The molecule has 2 unspecified atom stereocenters. The highest BCUT2D eigenvalue weighted by molar-refractivity contribution is 5.87. The zero-order valence-corrected chi connectivity index (χ0v) is 23.8. The van der Waals surface area contributed by atoms with E-state index >= 15 is 0 Å². The number of carbonyl (C=O) groups is 2. The monoisotopic (exact) mass is 598 g/mol. The van der Waals surface area contributed by atoms with Gasteiger partial charge in [0.05, 0.1) is 13.2 Å². The fourth-order valence-electron chi connectivity index (χ4n) is 3.20. The van der Waals surface area contributed by atoms with E-state index in [0.29, 0.717) is 0 Å². The molecule has 8 nitrogen and oxygen atoms in total. The number of benzene rings is 2. The van der Waals surface area contributed by atoms with Gasteiger partial charge in [-0.25, -0.2) is 9.59 Å². The third-order valence-electron chi connectivity index (χ3n) is 5.48. The lowest BCUT2D eigenvalue weighted by Gasteiger charge is -2.27. The lowest BCUT2D eigenvalue weighted by Crippen LogP contribution is -2.35. The largest absolute Gasteiger partial charge is 0.491 e. The number of alkyl halides is 4. The lowest BCUT2D eigenvalue weighted by atomic mass is 9.96. The van der Waals surface area contributed by atoms with Crippen LogP contribution in [0, 0.1) is 0 Å². The maximum absolute atomic E-state index is 14.9. The smallest absolute Gasteiger partial charge is 0.339 e. The van der Waals surface area contributed by atoms with Gasteiger partial charge in [0.1, 0.15) is 24.7 Å². The second-order valence-electron chi connectivity index (χ2n) is 9.14. The van der Waals surface area contributed by atoms with Gasteiger partial charge in [-0.2, -0.15) is 17.6 Å². The topological polar surface area (TPSA) is 89.5 Å². The molecule has 0 saturated heterocycles. The zero-order valence-electron chi connectivity index (χ0n) is 23.8. The Morgan fingerprint density at radius 1 is 0.643 bits per heavy atom. The average Bonchev–Trinajstić information content (AvgIpc) is 2.93. The van der Waals surface area contributed by atoms with Gasteiger partial charge in [0.25, 0.3) is 0 Å². The van der Waals surface area contributed by atoms with Crippen LogP contribution in [0.4, 0.5) is 17.6 Å². The molecular formula is C30H34F4O8. The van der Waals surface area contributed by atoms with Gasteiger partial charge in [0, 0.05) is 22.3 Å². The molecule has 0 aliphatic rings. The van der Waals surface area contributed by atoms with E-state index in [-0.39, 0.29) is 49.1 Å². The van der Waals surface area contributed by atoms with Gasteiger partial charge in [-0.05, 0) is 76.2 Å². The fourth-order valence-corrected chi connectivity index (χ4v) is 3.20. The molecule has 0 fully saturated rings.